The summed E-state index contributed by atoms with van der Waals surface area (Å²) in [5, 5.41) is 0. The third kappa shape index (κ3) is 3.40. The van der Waals surface area contributed by atoms with Crippen LogP contribution in [-0.4, -0.2) is 29.8 Å². The Morgan fingerprint density at radius 2 is 2.06 bits per heavy atom. The number of rotatable bonds is 4. The molecule has 1 saturated heterocycles. The quantitative estimate of drug-likeness (QED) is 0.794. The highest BCUT2D eigenvalue weighted by molar-refractivity contribution is 5.81. The Balaban J connectivity index is 1.90. The highest BCUT2D eigenvalue weighted by atomic mass is 16.1. The zero-order valence-electron chi connectivity index (χ0n) is 10.6. The van der Waals surface area contributed by atoms with Gasteiger partial charge in [-0.05, 0) is 38.3 Å². The molecule has 1 aliphatic rings. The smallest absolute Gasteiger partial charge is 0.146 e. The minimum atomic E-state index is 0.174. The molecule has 2 nitrogen and oxygen atoms in total. The summed E-state index contributed by atoms with van der Waals surface area (Å²) in [6.07, 6.45) is 4.53. The maximum Gasteiger partial charge on any atom is 0.146 e. The molecule has 1 aromatic carbocycles. The SMILES string of the molecule is CC(=O)C1CCCCN1CCc1ccccc1. The summed E-state index contributed by atoms with van der Waals surface area (Å²) in [4.78, 5) is 13.9. The van der Waals surface area contributed by atoms with Crippen LogP contribution in [0.2, 0.25) is 0 Å². The fourth-order valence-electron chi connectivity index (χ4n) is 2.64. The summed E-state index contributed by atoms with van der Waals surface area (Å²) in [5.41, 5.74) is 1.36. The molecule has 0 radical (unpaired) electrons. The first-order valence-electron chi connectivity index (χ1n) is 6.56. The van der Waals surface area contributed by atoms with Gasteiger partial charge in [0.05, 0.1) is 6.04 Å². The van der Waals surface area contributed by atoms with E-state index in [0.29, 0.717) is 5.78 Å². The number of piperidine rings is 1. The van der Waals surface area contributed by atoms with E-state index in [1.807, 2.05) is 6.07 Å². The standard InChI is InChI=1S/C15H21NO/c1-13(17)15-9-5-6-11-16(15)12-10-14-7-3-2-4-8-14/h2-4,7-8,15H,5-6,9-12H2,1H3. The minimum absolute atomic E-state index is 0.174. The van der Waals surface area contributed by atoms with Gasteiger partial charge in [0.15, 0.2) is 0 Å². The van der Waals surface area contributed by atoms with Crippen molar-refractivity contribution in [3.8, 4) is 0 Å². The predicted molar refractivity (Wildman–Crippen MR) is 70.0 cm³/mol. The van der Waals surface area contributed by atoms with Gasteiger partial charge in [-0.25, -0.2) is 0 Å². The monoisotopic (exact) mass is 231 g/mol. The van der Waals surface area contributed by atoms with E-state index in [9.17, 15) is 4.79 Å². The van der Waals surface area contributed by atoms with E-state index in [2.05, 4.69) is 29.2 Å². The Hall–Kier alpha value is -1.15. The van der Waals surface area contributed by atoms with E-state index in [1.165, 1.54) is 18.4 Å². The van der Waals surface area contributed by atoms with E-state index in [0.717, 1.165) is 25.9 Å². The maximum absolute atomic E-state index is 11.6. The van der Waals surface area contributed by atoms with Crippen LogP contribution < -0.4 is 0 Å². The topological polar surface area (TPSA) is 20.3 Å². The molecule has 2 rings (SSSR count). The van der Waals surface area contributed by atoms with Crippen LogP contribution in [-0.2, 0) is 11.2 Å². The normalized spacial score (nSPS) is 21.4. The van der Waals surface area contributed by atoms with Gasteiger partial charge >= 0.3 is 0 Å². The second-order valence-corrected chi connectivity index (χ2v) is 4.89. The maximum atomic E-state index is 11.6. The van der Waals surface area contributed by atoms with Gasteiger partial charge in [0.2, 0.25) is 0 Å². The zero-order chi connectivity index (χ0) is 12.1. The molecule has 0 N–H and O–H groups in total. The van der Waals surface area contributed by atoms with Crippen LogP contribution in [0, 0.1) is 0 Å². The van der Waals surface area contributed by atoms with Gasteiger partial charge in [-0.1, -0.05) is 36.8 Å². The number of benzene rings is 1. The van der Waals surface area contributed by atoms with Gasteiger partial charge in [-0.3, -0.25) is 9.69 Å². The van der Waals surface area contributed by atoms with Gasteiger partial charge in [0.25, 0.3) is 0 Å². The summed E-state index contributed by atoms with van der Waals surface area (Å²) in [5.74, 6) is 0.331. The molecule has 0 bridgehead atoms. The summed E-state index contributed by atoms with van der Waals surface area (Å²) in [7, 11) is 0. The molecule has 0 spiro atoms. The molecular weight excluding hydrogens is 210 g/mol. The predicted octanol–water partition coefficient (Wildman–Crippen LogP) is 2.67. The van der Waals surface area contributed by atoms with Crippen molar-refractivity contribution in [2.75, 3.05) is 13.1 Å². The molecule has 1 aliphatic heterocycles. The largest absolute Gasteiger partial charge is 0.298 e. The first-order valence-corrected chi connectivity index (χ1v) is 6.56. The number of ketones is 1. The van der Waals surface area contributed by atoms with Crippen LogP contribution in [0.5, 0.6) is 0 Å². The lowest BCUT2D eigenvalue weighted by molar-refractivity contribution is -0.123. The average molecular weight is 231 g/mol. The molecule has 2 heteroatoms. The second-order valence-electron chi connectivity index (χ2n) is 4.89. The Kier molecular flexibility index (Phi) is 4.32. The van der Waals surface area contributed by atoms with E-state index >= 15 is 0 Å². The molecule has 0 saturated carbocycles. The van der Waals surface area contributed by atoms with Crippen molar-refractivity contribution in [1.82, 2.24) is 4.90 Å². The van der Waals surface area contributed by atoms with E-state index in [4.69, 9.17) is 0 Å². The molecule has 1 fully saturated rings. The molecule has 17 heavy (non-hydrogen) atoms. The summed E-state index contributed by atoms with van der Waals surface area (Å²) in [6, 6.07) is 10.7. The molecule has 0 aromatic heterocycles. The Labute approximate surface area is 104 Å². The first kappa shape index (κ1) is 12.3. The lowest BCUT2D eigenvalue weighted by Crippen LogP contribution is -2.44. The fraction of sp³-hybridized carbons (Fsp3) is 0.533. The third-order valence-electron chi connectivity index (χ3n) is 3.61. The number of Topliss-reactive ketones (excluding diaryl/α,β-unsaturated/α-hetero) is 1. The summed E-state index contributed by atoms with van der Waals surface area (Å²) >= 11 is 0. The lowest BCUT2D eigenvalue weighted by atomic mass is 9.98. The number of carbonyl (C=O) groups excluding carboxylic acids is 1. The summed E-state index contributed by atoms with van der Waals surface area (Å²) in [6.45, 7) is 3.82. The van der Waals surface area contributed by atoms with Crippen LogP contribution >= 0.6 is 0 Å². The van der Waals surface area contributed by atoms with Crippen LogP contribution in [0.25, 0.3) is 0 Å². The third-order valence-corrected chi connectivity index (χ3v) is 3.61. The Morgan fingerprint density at radius 3 is 2.76 bits per heavy atom. The minimum Gasteiger partial charge on any atom is -0.298 e. The molecular formula is C15H21NO. The fourth-order valence-corrected chi connectivity index (χ4v) is 2.64. The van der Waals surface area contributed by atoms with Crippen molar-refractivity contribution in [1.29, 1.82) is 0 Å². The van der Waals surface area contributed by atoms with Crippen molar-refractivity contribution in [2.24, 2.45) is 0 Å². The molecule has 0 aliphatic carbocycles. The van der Waals surface area contributed by atoms with E-state index in [1.54, 1.807) is 6.92 Å². The lowest BCUT2D eigenvalue weighted by Gasteiger charge is -2.34. The van der Waals surface area contributed by atoms with Crippen molar-refractivity contribution in [2.45, 2.75) is 38.6 Å². The van der Waals surface area contributed by atoms with Crippen molar-refractivity contribution >= 4 is 5.78 Å². The number of hydrogen-bond donors (Lipinski definition) is 0. The van der Waals surface area contributed by atoms with E-state index < -0.39 is 0 Å². The number of likely N-dealkylation sites (tertiary alicyclic amines) is 1. The number of carbonyl (C=O) groups is 1. The average Bonchev–Trinajstić information content (AvgIpc) is 2.38. The Morgan fingerprint density at radius 1 is 1.29 bits per heavy atom. The van der Waals surface area contributed by atoms with Gasteiger partial charge in [0, 0.05) is 6.54 Å². The Bertz CT molecular complexity index is 360. The second kappa shape index (κ2) is 5.97. The van der Waals surface area contributed by atoms with Crippen molar-refractivity contribution in [3.63, 3.8) is 0 Å². The van der Waals surface area contributed by atoms with Crippen molar-refractivity contribution in [3.05, 3.63) is 35.9 Å². The van der Waals surface area contributed by atoms with E-state index in [-0.39, 0.29) is 6.04 Å². The van der Waals surface area contributed by atoms with Crippen LogP contribution in [0.1, 0.15) is 31.7 Å². The number of hydrogen-bond acceptors (Lipinski definition) is 2. The van der Waals surface area contributed by atoms with Gasteiger partial charge in [-0.15, -0.1) is 0 Å². The molecule has 92 valence electrons. The van der Waals surface area contributed by atoms with Gasteiger partial charge in [0.1, 0.15) is 5.78 Å². The van der Waals surface area contributed by atoms with Crippen LogP contribution in [0.3, 0.4) is 0 Å². The van der Waals surface area contributed by atoms with Gasteiger partial charge < -0.3 is 0 Å². The first-order chi connectivity index (χ1) is 8.27. The van der Waals surface area contributed by atoms with Crippen molar-refractivity contribution < 1.29 is 4.79 Å². The molecule has 1 atom stereocenters. The molecule has 1 unspecified atom stereocenters. The van der Waals surface area contributed by atoms with Crippen LogP contribution in [0.4, 0.5) is 0 Å². The van der Waals surface area contributed by atoms with Gasteiger partial charge in [-0.2, -0.15) is 0 Å². The van der Waals surface area contributed by atoms with Crippen LogP contribution in [0.15, 0.2) is 30.3 Å². The summed E-state index contributed by atoms with van der Waals surface area (Å²) < 4.78 is 0. The zero-order valence-corrected chi connectivity index (χ0v) is 10.6. The molecule has 0 amide bonds. The highest BCUT2D eigenvalue weighted by Crippen LogP contribution is 2.18. The molecule has 1 aromatic rings. The number of nitrogens with zero attached hydrogens (tertiary/aromatic N) is 1. The molecule has 1 heterocycles. The highest BCUT2D eigenvalue weighted by Gasteiger charge is 2.25.